The van der Waals surface area contributed by atoms with E-state index in [1.165, 1.54) is 18.4 Å². The Morgan fingerprint density at radius 3 is 2.88 bits per heavy atom. The number of hydrogen-bond acceptors (Lipinski definition) is 3. The lowest BCUT2D eigenvalue weighted by molar-refractivity contribution is 0.0538. The molecular formula is C22H24O3. The Kier molecular flexibility index (Phi) is 3.19. The Bertz CT molecular complexity index is 966. The fraction of sp³-hybridized carbons (Fsp3) is 0.500. The number of fused-ring (bicyclic) bond motifs is 4. The van der Waals surface area contributed by atoms with E-state index in [1.54, 1.807) is 0 Å². The summed E-state index contributed by atoms with van der Waals surface area (Å²) in [6.07, 6.45) is 12.0. The molecule has 1 aromatic carbocycles. The molecule has 1 spiro atoms. The summed E-state index contributed by atoms with van der Waals surface area (Å²) in [5, 5.41) is 1.10. The highest BCUT2D eigenvalue weighted by Crippen LogP contribution is 2.45. The molecule has 3 heteroatoms. The second-order valence-electron chi connectivity index (χ2n) is 8.20. The van der Waals surface area contributed by atoms with Crippen molar-refractivity contribution in [2.24, 2.45) is 5.92 Å². The molecule has 2 heterocycles. The zero-order chi connectivity index (χ0) is 17.2. The molecule has 2 aliphatic carbocycles. The number of benzene rings is 1. The van der Waals surface area contributed by atoms with Crippen LogP contribution in [0, 0.1) is 12.8 Å². The second kappa shape index (κ2) is 5.23. The Morgan fingerprint density at radius 2 is 2.04 bits per heavy atom. The van der Waals surface area contributed by atoms with Gasteiger partial charge in [-0.3, -0.25) is 0 Å². The minimum Gasteiger partial charge on any atom is -0.482 e. The molecule has 2 aromatic rings. The highest BCUT2D eigenvalue weighted by molar-refractivity contribution is 5.90. The molecule has 3 aliphatic rings. The van der Waals surface area contributed by atoms with E-state index in [4.69, 9.17) is 9.15 Å². The van der Waals surface area contributed by atoms with E-state index in [1.807, 2.05) is 6.92 Å². The molecule has 25 heavy (non-hydrogen) atoms. The van der Waals surface area contributed by atoms with Gasteiger partial charge in [0.05, 0.1) is 0 Å². The summed E-state index contributed by atoms with van der Waals surface area (Å²) in [4.78, 5) is 12.4. The lowest BCUT2D eigenvalue weighted by Crippen LogP contribution is -2.40. The van der Waals surface area contributed by atoms with Crippen LogP contribution in [0.5, 0.6) is 5.75 Å². The van der Waals surface area contributed by atoms with Gasteiger partial charge in [-0.1, -0.05) is 19.4 Å². The van der Waals surface area contributed by atoms with Crippen molar-refractivity contribution >= 4 is 17.0 Å². The lowest BCUT2D eigenvalue weighted by Gasteiger charge is -2.41. The van der Waals surface area contributed by atoms with E-state index < -0.39 is 0 Å². The summed E-state index contributed by atoms with van der Waals surface area (Å²) in [5.74, 6) is 1.59. The summed E-state index contributed by atoms with van der Waals surface area (Å²) in [6.45, 7) is 4.34. The van der Waals surface area contributed by atoms with Gasteiger partial charge in [0.15, 0.2) is 0 Å². The van der Waals surface area contributed by atoms with E-state index in [-0.39, 0.29) is 11.2 Å². The van der Waals surface area contributed by atoms with E-state index in [0.29, 0.717) is 5.92 Å². The molecule has 0 saturated heterocycles. The van der Waals surface area contributed by atoms with Crippen LogP contribution in [0.4, 0.5) is 0 Å². The summed E-state index contributed by atoms with van der Waals surface area (Å²) in [6, 6.07) is 2.17. The summed E-state index contributed by atoms with van der Waals surface area (Å²) >= 11 is 0. The first-order chi connectivity index (χ1) is 12.1. The third kappa shape index (κ3) is 2.21. The van der Waals surface area contributed by atoms with E-state index in [2.05, 4.69) is 25.1 Å². The van der Waals surface area contributed by atoms with Gasteiger partial charge in [-0.25, -0.2) is 4.79 Å². The number of hydrogen-bond donors (Lipinski definition) is 0. The highest BCUT2D eigenvalue weighted by atomic mass is 16.5. The van der Waals surface area contributed by atoms with Gasteiger partial charge in [0, 0.05) is 22.1 Å². The fourth-order valence-electron chi connectivity index (χ4n) is 5.11. The van der Waals surface area contributed by atoms with Crippen molar-refractivity contribution in [3.63, 3.8) is 0 Å². The molecule has 0 bridgehead atoms. The van der Waals surface area contributed by atoms with Crippen molar-refractivity contribution in [2.75, 3.05) is 0 Å². The Morgan fingerprint density at radius 1 is 1.20 bits per heavy atom. The molecule has 1 fully saturated rings. The van der Waals surface area contributed by atoms with Gasteiger partial charge < -0.3 is 9.15 Å². The largest absolute Gasteiger partial charge is 0.482 e. The van der Waals surface area contributed by atoms with Crippen LogP contribution in [0.25, 0.3) is 17.0 Å². The second-order valence-corrected chi connectivity index (χ2v) is 8.20. The van der Waals surface area contributed by atoms with Crippen LogP contribution in [-0.4, -0.2) is 5.60 Å². The zero-order valence-corrected chi connectivity index (χ0v) is 15.0. The normalized spacial score (nSPS) is 27.4. The first-order valence-corrected chi connectivity index (χ1v) is 9.57. The number of rotatable bonds is 0. The molecule has 1 saturated carbocycles. The molecule has 5 rings (SSSR count). The minimum atomic E-state index is -0.180. The Hall–Kier alpha value is -2.03. The SMILES string of the molecule is Cc1c2c(cc3c4c(c(=O)oc13)CCC4)C=C[C@@]1(CCC[C@H](C)C1)O2. The van der Waals surface area contributed by atoms with Gasteiger partial charge in [-0.2, -0.15) is 0 Å². The molecular weight excluding hydrogens is 312 g/mol. The predicted molar refractivity (Wildman–Crippen MR) is 99.3 cm³/mol. The van der Waals surface area contributed by atoms with E-state index in [0.717, 1.165) is 65.5 Å². The molecule has 0 unspecified atom stereocenters. The first-order valence-electron chi connectivity index (χ1n) is 9.57. The van der Waals surface area contributed by atoms with Crippen LogP contribution in [-0.2, 0) is 12.8 Å². The van der Waals surface area contributed by atoms with Crippen LogP contribution in [0.3, 0.4) is 0 Å². The van der Waals surface area contributed by atoms with E-state index >= 15 is 0 Å². The van der Waals surface area contributed by atoms with Gasteiger partial charge in [0.25, 0.3) is 0 Å². The summed E-state index contributed by atoms with van der Waals surface area (Å²) in [7, 11) is 0. The maximum Gasteiger partial charge on any atom is 0.339 e. The van der Waals surface area contributed by atoms with Crippen molar-refractivity contribution in [3.8, 4) is 5.75 Å². The average molecular weight is 336 g/mol. The summed E-state index contributed by atoms with van der Waals surface area (Å²) < 4.78 is 12.3. The molecule has 2 atom stereocenters. The van der Waals surface area contributed by atoms with Crippen LogP contribution in [0.1, 0.15) is 61.3 Å². The van der Waals surface area contributed by atoms with Crippen molar-refractivity contribution in [1.29, 1.82) is 0 Å². The van der Waals surface area contributed by atoms with Gasteiger partial charge in [0.2, 0.25) is 0 Å². The fourth-order valence-corrected chi connectivity index (χ4v) is 5.11. The molecule has 0 amide bonds. The molecule has 130 valence electrons. The third-order valence-corrected chi connectivity index (χ3v) is 6.33. The standard InChI is InChI=1S/C22H24O3/c1-13-5-4-9-22(12-13)10-8-15-11-18-16-6-3-7-17(16)21(23)24-20(18)14(2)19(15)25-22/h8,10-11,13H,3-7,9,12H2,1-2H3/t13-,22+/m0/s1. The number of ether oxygens (including phenoxy) is 1. The highest BCUT2D eigenvalue weighted by Gasteiger charge is 2.38. The Labute approximate surface area is 147 Å². The smallest absolute Gasteiger partial charge is 0.339 e. The van der Waals surface area contributed by atoms with Crippen molar-refractivity contribution in [3.05, 3.63) is 44.8 Å². The quantitative estimate of drug-likeness (QED) is 0.639. The van der Waals surface area contributed by atoms with Gasteiger partial charge in [-0.05, 0) is 69.1 Å². The minimum absolute atomic E-state index is 0.157. The molecule has 1 aliphatic heterocycles. The van der Waals surface area contributed by atoms with Gasteiger partial charge in [0.1, 0.15) is 16.9 Å². The molecule has 0 N–H and O–H groups in total. The predicted octanol–water partition coefficient (Wildman–Crippen LogP) is 4.94. The Balaban J connectivity index is 1.70. The van der Waals surface area contributed by atoms with Crippen molar-refractivity contribution in [2.45, 2.75) is 64.4 Å². The van der Waals surface area contributed by atoms with Gasteiger partial charge in [-0.15, -0.1) is 0 Å². The maximum atomic E-state index is 12.4. The van der Waals surface area contributed by atoms with Crippen molar-refractivity contribution < 1.29 is 9.15 Å². The summed E-state index contributed by atoms with van der Waals surface area (Å²) in [5.41, 5.74) is 4.55. The third-order valence-electron chi connectivity index (χ3n) is 6.33. The molecule has 0 radical (unpaired) electrons. The zero-order valence-electron chi connectivity index (χ0n) is 15.0. The van der Waals surface area contributed by atoms with Crippen LogP contribution >= 0.6 is 0 Å². The maximum absolute atomic E-state index is 12.4. The van der Waals surface area contributed by atoms with Crippen LogP contribution in [0.15, 0.2) is 21.4 Å². The number of aryl methyl sites for hydroxylation is 2. The first kappa shape index (κ1) is 15.2. The topological polar surface area (TPSA) is 39.4 Å². The molecule has 3 nitrogen and oxygen atoms in total. The van der Waals surface area contributed by atoms with Crippen molar-refractivity contribution in [1.82, 2.24) is 0 Å². The molecule has 1 aromatic heterocycles. The van der Waals surface area contributed by atoms with Crippen LogP contribution < -0.4 is 10.4 Å². The van der Waals surface area contributed by atoms with E-state index in [9.17, 15) is 4.79 Å². The average Bonchev–Trinajstić information content (AvgIpc) is 3.08. The van der Waals surface area contributed by atoms with Gasteiger partial charge >= 0.3 is 5.63 Å². The monoisotopic (exact) mass is 336 g/mol. The van der Waals surface area contributed by atoms with Crippen LogP contribution in [0.2, 0.25) is 0 Å². The lowest BCUT2D eigenvalue weighted by atomic mass is 9.77.